The first-order chi connectivity index (χ1) is 14.2. The second-order valence-electron chi connectivity index (χ2n) is 7.23. The van der Waals surface area contributed by atoms with Gasteiger partial charge in [0.15, 0.2) is 0 Å². The van der Waals surface area contributed by atoms with E-state index in [1.807, 2.05) is 11.8 Å². The molecule has 30 heavy (non-hydrogen) atoms. The molecule has 4 nitrogen and oxygen atoms in total. The minimum absolute atomic E-state index is 0.386. The van der Waals surface area contributed by atoms with E-state index < -0.39 is 29.8 Å². The first kappa shape index (κ1) is 22.4. The number of halogens is 4. The Balaban J connectivity index is 2.14. The van der Waals surface area contributed by atoms with Crippen molar-refractivity contribution in [3.63, 3.8) is 0 Å². The van der Waals surface area contributed by atoms with Crippen molar-refractivity contribution in [1.29, 1.82) is 0 Å². The molecule has 2 atom stereocenters. The maximum absolute atomic E-state index is 13.1. The molecule has 3 rings (SSSR count). The molecule has 1 fully saturated rings. The molecule has 8 heteroatoms. The topological polar surface area (TPSA) is 49.8 Å². The number of nitrogens with zero attached hydrogens (tertiary/aromatic N) is 1. The van der Waals surface area contributed by atoms with Crippen LogP contribution >= 0.6 is 11.6 Å². The highest BCUT2D eigenvalue weighted by Crippen LogP contribution is 2.40. The van der Waals surface area contributed by atoms with Crippen LogP contribution < -0.4 is 4.74 Å². The summed E-state index contributed by atoms with van der Waals surface area (Å²) in [6.07, 6.45) is -2.40. The molecule has 2 aromatic carbocycles. The highest BCUT2D eigenvalue weighted by atomic mass is 35.5. The van der Waals surface area contributed by atoms with Crippen LogP contribution in [0, 0.1) is 0 Å². The maximum atomic E-state index is 13.1. The van der Waals surface area contributed by atoms with Gasteiger partial charge in [0.05, 0.1) is 18.2 Å². The zero-order chi connectivity index (χ0) is 21.9. The molecule has 0 aromatic heterocycles. The number of carboxylic acid groups (broad SMARTS) is 1. The number of piperidine rings is 1. The minimum atomic E-state index is -4.45. The number of benzene rings is 2. The van der Waals surface area contributed by atoms with Crippen LogP contribution in [0.5, 0.6) is 5.75 Å². The first-order valence-electron chi connectivity index (χ1n) is 9.80. The predicted octanol–water partition coefficient (Wildman–Crippen LogP) is 5.79. The van der Waals surface area contributed by atoms with Gasteiger partial charge in [-0.3, -0.25) is 9.69 Å². The second kappa shape index (κ2) is 9.27. The van der Waals surface area contributed by atoms with Crippen molar-refractivity contribution < 1.29 is 27.8 Å². The van der Waals surface area contributed by atoms with E-state index in [1.54, 1.807) is 18.2 Å². The molecule has 162 valence electrons. The Morgan fingerprint density at radius 3 is 2.53 bits per heavy atom. The van der Waals surface area contributed by atoms with E-state index in [2.05, 4.69) is 0 Å². The fourth-order valence-electron chi connectivity index (χ4n) is 3.95. The van der Waals surface area contributed by atoms with E-state index in [9.17, 15) is 23.1 Å². The molecule has 1 aliphatic rings. The highest BCUT2D eigenvalue weighted by molar-refractivity contribution is 6.30. The Bertz CT molecular complexity index is 886. The number of ether oxygens (including phenoxy) is 1. The average molecular weight is 442 g/mol. The lowest BCUT2D eigenvalue weighted by molar-refractivity contribution is -0.145. The standard InChI is InChI=1S/C22H23ClF3NO3/c1-2-30-19-11-10-16(23)13-17(19)20(27-12-4-3-5-18(27)21(28)29)14-6-8-15(9-7-14)22(24,25)26/h6-11,13,18,20H,2-5,12H2,1H3,(H,28,29). The van der Waals surface area contributed by atoms with Crippen molar-refractivity contribution >= 4 is 17.6 Å². The van der Waals surface area contributed by atoms with Crippen molar-refractivity contribution in [2.24, 2.45) is 0 Å². The molecule has 1 N–H and O–H groups in total. The van der Waals surface area contributed by atoms with E-state index in [4.69, 9.17) is 16.3 Å². The summed E-state index contributed by atoms with van der Waals surface area (Å²) in [5.41, 5.74) is 0.436. The van der Waals surface area contributed by atoms with Gasteiger partial charge in [-0.05, 0) is 62.2 Å². The van der Waals surface area contributed by atoms with Gasteiger partial charge in [-0.25, -0.2) is 0 Å². The summed E-state index contributed by atoms with van der Waals surface area (Å²) in [5, 5.41) is 10.2. The number of aliphatic carboxylic acids is 1. The van der Waals surface area contributed by atoms with Crippen LogP contribution in [-0.2, 0) is 11.0 Å². The van der Waals surface area contributed by atoms with Crippen molar-refractivity contribution in [2.45, 2.75) is 44.4 Å². The Kier molecular flexibility index (Phi) is 6.93. The van der Waals surface area contributed by atoms with Gasteiger partial charge in [-0.15, -0.1) is 0 Å². The Morgan fingerprint density at radius 1 is 1.23 bits per heavy atom. The molecule has 2 unspecified atom stereocenters. The Labute approximate surface area is 178 Å². The third-order valence-corrected chi connectivity index (χ3v) is 5.52. The van der Waals surface area contributed by atoms with E-state index >= 15 is 0 Å². The summed E-state index contributed by atoms with van der Waals surface area (Å²) in [6, 6.07) is 8.56. The number of hydrogen-bond donors (Lipinski definition) is 1. The summed E-state index contributed by atoms with van der Waals surface area (Å²) >= 11 is 6.23. The van der Waals surface area contributed by atoms with Crippen LogP contribution in [0.1, 0.15) is 48.9 Å². The summed E-state index contributed by atoms with van der Waals surface area (Å²) < 4.78 is 44.9. The molecular weight excluding hydrogens is 419 g/mol. The van der Waals surface area contributed by atoms with Gasteiger partial charge < -0.3 is 9.84 Å². The zero-order valence-electron chi connectivity index (χ0n) is 16.5. The number of carboxylic acids is 1. The third-order valence-electron chi connectivity index (χ3n) is 5.28. The van der Waals surface area contributed by atoms with Crippen molar-refractivity contribution in [3.05, 3.63) is 64.2 Å². The van der Waals surface area contributed by atoms with Crippen LogP contribution in [0.15, 0.2) is 42.5 Å². The van der Waals surface area contributed by atoms with Crippen LogP contribution in [0.4, 0.5) is 13.2 Å². The fourth-order valence-corrected chi connectivity index (χ4v) is 4.13. The van der Waals surface area contributed by atoms with Crippen molar-refractivity contribution in [2.75, 3.05) is 13.2 Å². The lowest BCUT2D eigenvalue weighted by Crippen LogP contribution is -2.47. The fraction of sp³-hybridized carbons (Fsp3) is 0.409. The smallest absolute Gasteiger partial charge is 0.416 e. The molecular formula is C22H23ClF3NO3. The number of hydrogen-bond acceptors (Lipinski definition) is 3. The second-order valence-corrected chi connectivity index (χ2v) is 7.66. The first-order valence-corrected chi connectivity index (χ1v) is 10.2. The van der Waals surface area contributed by atoms with Gasteiger partial charge in [0, 0.05) is 10.6 Å². The Morgan fingerprint density at radius 2 is 1.93 bits per heavy atom. The quantitative estimate of drug-likeness (QED) is 0.616. The SMILES string of the molecule is CCOc1ccc(Cl)cc1C(c1ccc(C(F)(F)F)cc1)N1CCCCC1C(=O)O. The molecule has 0 aliphatic carbocycles. The van der Waals surface area contributed by atoms with Crippen LogP contribution in [0.3, 0.4) is 0 Å². The number of likely N-dealkylation sites (tertiary alicyclic amines) is 1. The summed E-state index contributed by atoms with van der Waals surface area (Å²) in [7, 11) is 0. The zero-order valence-corrected chi connectivity index (χ0v) is 17.2. The van der Waals surface area contributed by atoms with Crippen molar-refractivity contribution in [3.8, 4) is 5.75 Å². The van der Waals surface area contributed by atoms with Crippen LogP contribution in [0.25, 0.3) is 0 Å². The predicted molar refractivity (Wildman–Crippen MR) is 108 cm³/mol. The van der Waals surface area contributed by atoms with E-state index in [0.29, 0.717) is 41.5 Å². The van der Waals surface area contributed by atoms with Gasteiger partial charge in [-0.2, -0.15) is 13.2 Å². The summed E-state index contributed by atoms with van der Waals surface area (Å²) in [4.78, 5) is 13.8. The number of rotatable bonds is 6. The van der Waals surface area contributed by atoms with Gasteiger partial charge in [-0.1, -0.05) is 30.2 Å². The van der Waals surface area contributed by atoms with Gasteiger partial charge in [0.2, 0.25) is 0 Å². The summed E-state index contributed by atoms with van der Waals surface area (Å²) in [6.45, 7) is 2.71. The lowest BCUT2D eigenvalue weighted by atomic mass is 9.90. The van der Waals surface area contributed by atoms with Gasteiger partial charge >= 0.3 is 12.1 Å². The average Bonchev–Trinajstić information content (AvgIpc) is 2.70. The molecule has 2 aromatic rings. The van der Waals surface area contributed by atoms with E-state index in [-0.39, 0.29) is 0 Å². The molecule has 0 bridgehead atoms. The number of carbonyl (C=O) groups is 1. The molecule has 0 spiro atoms. The van der Waals surface area contributed by atoms with Gasteiger partial charge in [0.1, 0.15) is 11.8 Å². The molecule has 1 saturated heterocycles. The molecule has 0 amide bonds. The van der Waals surface area contributed by atoms with Crippen LogP contribution in [0.2, 0.25) is 5.02 Å². The minimum Gasteiger partial charge on any atom is -0.494 e. The summed E-state index contributed by atoms with van der Waals surface area (Å²) in [5.74, 6) is -0.423. The molecule has 0 saturated carbocycles. The highest BCUT2D eigenvalue weighted by Gasteiger charge is 2.37. The number of alkyl halides is 3. The monoisotopic (exact) mass is 441 g/mol. The van der Waals surface area contributed by atoms with Gasteiger partial charge in [0.25, 0.3) is 0 Å². The largest absolute Gasteiger partial charge is 0.494 e. The van der Waals surface area contributed by atoms with Crippen LogP contribution in [-0.4, -0.2) is 35.2 Å². The van der Waals surface area contributed by atoms with E-state index in [0.717, 1.165) is 25.0 Å². The van der Waals surface area contributed by atoms with E-state index in [1.165, 1.54) is 12.1 Å². The normalized spacial score (nSPS) is 18.8. The van der Waals surface area contributed by atoms with Crippen molar-refractivity contribution in [1.82, 2.24) is 4.90 Å². The molecule has 0 radical (unpaired) electrons. The maximum Gasteiger partial charge on any atom is 0.416 e. The Hall–Kier alpha value is -2.25. The molecule has 1 aliphatic heterocycles. The third kappa shape index (κ3) is 4.90. The molecule has 1 heterocycles. The lowest BCUT2D eigenvalue weighted by Gasteiger charge is -2.40.